The largest absolute Gasteiger partial charge is 0.466 e. The molecule has 0 aromatic heterocycles. The minimum atomic E-state index is -0.544. The summed E-state index contributed by atoms with van der Waals surface area (Å²) in [7, 11) is 0. The zero-order chi connectivity index (χ0) is 22.5. The van der Waals surface area contributed by atoms with Crippen molar-refractivity contribution in [2.24, 2.45) is 16.1 Å². The number of amides is 2. The van der Waals surface area contributed by atoms with E-state index in [1.54, 1.807) is 31.2 Å². The lowest BCUT2D eigenvalue weighted by Gasteiger charge is -2.34. The van der Waals surface area contributed by atoms with Gasteiger partial charge in [0.1, 0.15) is 0 Å². The van der Waals surface area contributed by atoms with Gasteiger partial charge in [-0.15, -0.1) is 0 Å². The van der Waals surface area contributed by atoms with Crippen LogP contribution in [0.2, 0.25) is 0 Å². The second-order valence-electron chi connectivity index (χ2n) is 7.93. The first-order chi connectivity index (χ1) is 15.6. The molecule has 32 heavy (non-hydrogen) atoms. The highest BCUT2D eigenvalue weighted by molar-refractivity contribution is 6.22. The summed E-state index contributed by atoms with van der Waals surface area (Å²) in [6.45, 7) is 3.25. The number of imide groups is 1. The molecule has 2 aromatic rings. The lowest BCUT2D eigenvalue weighted by Crippen LogP contribution is -2.48. The van der Waals surface area contributed by atoms with Gasteiger partial charge in [-0.25, -0.2) is 4.90 Å². The van der Waals surface area contributed by atoms with Crippen LogP contribution in [0, 0.1) is 5.92 Å². The van der Waals surface area contributed by atoms with Crippen LogP contribution >= 0.6 is 0 Å². The normalized spacial score (nSPS) is 22.0. The lowest BCUT2D eigenvalue weighted by molar-refractivity contribution is -0.150. The summed E-state index contributed by atoms with van der Waals surface area (Å²) in [4.78, 5) is 41.1. The first-order valence-electron chi connectivity index (χ1n) is 10.9. The third-order valence-electron chi connectivity index (χ3n) is 5.78. The Morgan fingerprint density at radius 2 is 1.72 bits per heavy atom. The van der Waals surface area contributed by atoms with Crippen molar-refractivity contribution in [1.29, 1.82) is 0 Å². The summed E-state index contributed by atoms with van der Waals surface area (Å²) < 4.78 is 5.15. The maximum Gasteiger partial charge on any atom is 0.310 e. The van der Waals surface area contributed by atoms with Crippen molar-refractivity contribution in [2.45, 2.75) is 32.2 Å². The monoisotopic (exact) mass is 434 g/mol. The number of anilines is 1. The Morgan fingerprint density at radius 1 is 1.03 bits per heavy atom. The Labute approximate surface area is 186 Å². The fourth-order valence-corrected chi connectivity index (χ4v) is 4.19. The summed E-state index contributed by atoms with van der Waals surface area (Å²) in [5.74, 6) is -0.976. The number of likely N-dealkylation sites (tertiary alicyclic amines) is 1. The van der Waals surface area contributed by atoms with E-state index in [9.17, 15) is 14.4 Å². The van der Waals surface area contributed by atoms with Gasteiger partial charge in [0.05, 0.1) is 42.0 Å². The number of hydrogen-bond donors (Lipinski definition) is 0. The van der Waals surface area contributed by atoms with Gasteiger partial charge in [0.2, 0.25) is 5.91 Å². The van der Waals surface area contributed by atoms with Crippen LogP contribution in [0.1, 0.15) is 26.2 Å². The molecule has 0 spiro atoms. The first-order valence-corrected chi connectivity index (χ1v) is 10.9. The van der Waals surface area contributed by atoms with Crippen molar-refractivity contribution in [3.05, 3.63) is 54.6 Å². The molecule has 2 heterocycles. The number of carbonyl (C=O) groups excluding carboxylic acids is 3. The highest BCUT2D eigenvalue weighted by Gasteiger charge is 2.44. The molecule has 8 nitrogen and oxygen atoms in total. The maximum absolute atomic E-state index is 13.1. The summed E-state index contributed by atoms with van der Waals surface area (Å²) in [6.07, 6.45) is 1.65. The number of benzene rings is 2. The number of rotatable bonds is 6. The van der Waals surface area contributed by atoms with Gasteiger partial charge in [-0.3, -0.25) is 19.3 Å². The van der Waals surface area contributed by atoms with Crippen molar-refractivity contribution in [3.63, 3.8) is 0 Å². The number of nitrogens with zero attached hydrogens (tertiary/aromatic N) is 4. The number of ether oxygens (including phenoxy) is 1. The highest BCUT2D eigenvalue weighted by Crippen LogP contribution is 2.30. The van der Waals surface area contributed by atoms with Gasteiger partial charge in [-0.2, -0.15) is 10.2 Å². The predicted octanol–water partition coefficient (Wildman–Crippen LogP) is 4.01. The number of hydrogen-bond acceptors (Lipinski definition) is 7. The molecule has 2 aromatic carbocycles. The predicted molar refractivity (Wildman–Crippen MR) is 119 cm³/mol. The van der Waals surface area contributed by atoms with Crippen LogP contribution in [0.5, 0.6) is 0 Å². The van der Waals surface area contributed by atoms with E-state index < -0.39 is 6.04 Å². The molecule has 2 aliphatic rings. The minimum Gasteiger partial charge on any atom is -0.466 e. The van der Waals surface area contributed by atoms with E-state index in [2.05, 4.69) is 10.2 Å². The number of piperidine rings is 1. The fourth-order valence-electron chi connectivity index (χ4n) is 4.19. The molecule has 0 radical (unpaired) electrons. The fraction of sp³-hybridized carbons (Fsp3) is 0.375. The Balaban J connectivity index is 1.43. The Bertz CT molecular complexity index is 1010. The molecular formula is C24H26N4O4. The van der Waals surface area contributed by atoms with Gasteiger partial charge in [0.15, 0.2) is 0 Å². The molecule has 2 aliphatic heterocycles. The second-order valence-corrected chi connectivity index (χ2v) is 7.93. The quantitative estimate of drug-likeness (QED) is 0.389. The summed E-state index contributed by atoms with van der Waals surface area (Å²) >= 11 is 0. The van der Waals surface area contributed by atoms with Gasteiger partial charge >= 0.3 is 5.97 Å². The Kier molecular flexibility index (Phi) is 6.70. The Morgan fingerprint density at radius 3 is 2.41 bits per heavy atom. The summed E-state index contributed by atoms with van der Waals surface area (Å²) in [5.41, 5.74) is 1.88. The average molecular weight is 434 g/mol. The van der Waals surface area contributed by atoms with Crippen molar-refractivity contribution in [3.8, 4) is 0 Å². The van der Waals surface area contributed by atoms with E-state index in [0.717, 1.165) is 18.5 Å². The van der Waals surface area contributed by atoms with Crippen LogP contribution in [0.25, 0.3) is 0 Å². The molecule has 2 fully saturated rings. The van der Waals surface area contributed by atoms with E-state index in [-0.39, 0.29) is 30.1 Å². The highest BCUT2D eigenvalue weighted by atomic mass is 16.5. The molecule has 8 heteroatoms. The van der Waals surface area contributed by atoms with Gasteiger partial charge in [0, 0.05) is 6.54 Å². The molecule has 4 rings (SSSR count). The van der Waals surface area contributed by atoms with E-state index >= 15 is 0 Å². The molecule has 0 unspecified atom stereocenters. The van der Waals surface area contributed by atoms with Crippen LogP contribution in [0.4, 0.5) is 17.1 Å². The van der Waals surface area contributed by atoms with Gasteiger partial charge < -0.3 is 4.74 Å². The molecule has 0 bridgehead atoms. The van der Waals surface area contributed by atoms with E-state index in [4.69, 9.17) is 4.74 Å². The number of azo groups is 1. The topological polar surface area (TPSA) is 91.6 Å². The van der Waals surface area contributed by atoms with Crippen LogP contribution < -0.4 is 4.90 Å². The van der Waals surface area contributed by atoms with Gasteiger partial charge in [-0.1, -0.05) is 18.2 Å². The molecular weight excluding hydrogens is 408 g/mol. The van der Waals surface area contributed by atoms with E-state index in [0.29, 0.717) is 31.1 Å². The minimum absolute atomic E-state index is 0.115. The molecule has 2 saturated heterocycles. The van der Waals surface area contributed by atoms with E-state index in [1.165, 1.54) is 4.90 Å². The Hall–Kier alpha value is -3.39. The third kappa shape index (κ3) is 4.75. The molecule has 166 valence electrons. The van der Waals surface area contributed by atoms with Crippen LogP contribution in [-0.4, -0.2) is 48.4 Å². The first kappa shape index (κ1) is 21.8. The van der Waals surface area contributed by atoms with Gasteiger partial charge in [-0.05, 0) is 62.7 Å². The van der Waals surface area contributed by atoms with Crippen LogP contribution in [-0.2, 0) is 19.1 Å². The number of esters is 1. The van der Waals surface area contributed by atoms with Crippen molar-refractivity contribution in [1.82, 2.24) is 4.90 Å². The van der Waals surface area contributed by atoms with Gasteiger partial charge in [0.25, 0.3) is 5.91 Å². The smallest absolute Gasteiger partial charge is 0.310 e. The van der Waals surface area contributed by atoms with E-state index in [1.807, 2.05) is 35.2 Å². The van der Waals surface area contributed by atoms with Crippen molar-refractivity contribution >= 4 is 34.8 Å². The van der Waals surface area contributed by atoms with Crippen LogP contribution in [0.3, 0.4) is 0 Å². The summed E-state index contributed by atoms with van der Waals surface area (Å²) in [6, 6.07) is 15.7. The van der Waals surface area contributed by atoms with Crippen molar-refractivity contribution in [2.75, 3.05) is 24.6 Å². The molecule has 0 aliphatic carbocycles. The molecule has 2 amide bonds. The van der Waals surface area contributed by atoms with Crippen molar-refractivity contribution < 1.29 is 19.1 Å². The molecule has 2 atom stereocenters. The number of carbonyl (C=O) groups is 3. The standard InChI is InChI=1S/C24H26N4O4/c1-2-32-24(31)17-7-6-14-27(16-17)21-15-22(29)28(23(21)30)20-12-10-19(11-13-20)26-25-18-8-4-3-5-9-18/h3-5,8-13,17,21H,2,6-7,14-16H2,1H3/t17-,21-/m1/s1. The second kappa shape index (κ2) is 9.82. The lowest BCUT2D eigenvalue weighted by atomic mass is 9.96. The zero-order valence-electron chi connectivity index (χ0n) is 18.0. The molecule has 0 N–H and O–H groups in total. The third-order valence-corrected chi connectivity index (χ3v) is 5.78. The molecule has 0 saturated carbocycles. The SMILES string of the molecule is CCOC(=O)[C@@H]1CCCN([C@@H]2CC(=O)N(c3ccc(N=Nc4ccccc4)cc3)C2=O)C1. The average Bonchev–Trinajstić information content (AvgIpc) is 3.13. The van der Waals surface area contributed by atoms with Crippen LogP contribution in [0.15, 0.2) is 64.8 Å². The maximum atomic E-state index is 13.1. The summed E-state index contributed by atoms with van der Waals surface area (Å²) in [5, 5.41) is 8.37. The zero-order valence-corrected chi connectivity index (χ0v) is 18.0.